The first-order valence-electron chi connectivity index (χ1n) is 7.72. The summed E-state index contributed by atoms with van der Waals surface area (Å²) in [5.41, 5.74) is 2.93. The van der Waals surface area contributed by atoms with Gasteiger partial charge in [0.25, 0.3) is 5.91 Å². The van der Waals surface area contributed by atoms with Crippen LogP contribution in [0.15, 0.2) is 40.7 Å². The fourth-order valence-corrected chi connectivity index (χ4v) is 4.36. The van der Waals surface area contributed by atoms with Gasteiger partial charge in [-0.25, -0.2) is 4.39 Å². The van der Waals surface area contributed by atoms with Crippen LogP contribution in [0.3, 0.4) is 0 Å². The number of nitrogens with zero attached hydrogens (tertiary/aromatic N) is 2. The summed E-state index contributed by atoms with van der Waals surface area (Å²) in [6, 6.07) is 10.3. The molecule has 0 saturated heterocycles. The highest BCUT2D eigenvalue weighted by Crippen LogP contribution is 2.31. The summed E-state index contributed by atoms with van der Waals surface area (Å²) in [5, 5.41) is 11.5. The standard InChI is InChI=1S/C18H15ClFN3OS2/c1-10-6-7-11(2)12(8-10)16(24)21-17-22-23-18(26-17)25-9-13-14(19)4-3-5-15(13)20/h3-8H,9H2,1-2H3,(H,21,22,24). The third kappa shape index (κ3) is 4.41. The number of halogens is 2. The van der Waals surface area contributed by atoms with E-state index < -0.39 is 0 Å². The Morgan fingerprint density at radius 2 is 2.08 bits per heavy atom. The van der Waals surface area contributed by atoms with Crippen LogP contribution in [0.1, 0.15) is 27.0 Å². The van der Waals surface area contributed by atoms with E-state index in [0.29, 0.717) is 31.4 Å². The van der Waals surface area contributed by atoms with Gasteiger partial charge in [0.15, 0.2) is 4.34 Å². The summed E-state index contributed by atoms with van der Waals surface area (Å²) in [7, 11) is 0. The molecule has 0 aliphatic carbocycles. The molecule has 4 nitrogen and oxygen atoms in total. The second-order valence-electron chi connectivity index (χ2n) is 5.63. The summed E-state index contributed by atoms with van der Waals surface area (Å²) in [6.07, 6.45) is 0. The molecule has 3 aromatic rings. The number of amides is 1. The van der Waals surface area contributed by atoms with Crippen molar-refractivity contribution in [3.05, 3.63) is 69.5 Å². The maximum absolute atomic E-state index is 13.8. The zero-order valence-electron chi connectivity index (χ0n) is 14.0. The maximum Gasteiger partial charge on any atom is 0.257 e. The van der Waals surface area contributed by atoms with Crippen molar-refractivity contribution in [2.75, 3.05) is 5.32 Å². The highest BCUT2D eigenvalue weighted by molar-refractivity contribution is 8.00. The summed E-state index contributed by atoms with van der Waals surface area (Å²) in [6.45, 7) is 3.82. The topological polar surface area (TPSA) is 54.9 Å². The van der Waals surface area contributed by atoms with Crippen molar-refractivity contribution in [3.63, 3.8) is 0 Å². The molecule has 1 heterocycles. The first-order chi connectivity index (χ1) is 12.4. The molecule has 0 unspecified atom stereocenters. The normalized spacial score (nSPS) is 10.8. The maximum atomic E-state index is 13.8. The number of carbonyl (C=O) groups is 1. The van der Waals surface area contributed by atoms with Crippen LogP contribution in [0.25, 0.3) is 0 Å². The average molecular weight is 408 g/mol. The number of hydrogen-bond acceptors (Lipinski definition) is 5. The third-order valence-corrected chi connectivity index (χ3v) is 6.02. The molecule has 0 aliphatic rings. The smallest absolute Gasteiger partial charge is 0.257 e. The minimum absolute atomic E-state index is 0.226. The number of rotatable bonds is 5. The van der Waals surface area contributed by atoms with E-state index in [-0.39, 0.29) is 11.7 Å². The lowest BCUT2D eigenvalue weighted by Crippen LogP contribution is -2.13. The zero-order chi connectivity index (χ0) is 18.7. The molecule has 1 aromatic heterocycles. The predicted octanol–water partition coefficient (Wildman–Crippen LogP) is 5.49. The van der Waals surface area contributed by atoms with Gasteiger partial charge in [-0.2, -0.15) is 0 Å². The highest BCUT2D eigenvalue weighted by Gasteiger charge is 2.14. The van der Waals surface area contributed by atoms with Gasteiger partial charge in [-0.3, -0.25) is 10.1 Å². The Morgan fingerprint density at radius 1 is 1.27 bits per heavy atom. The number of carbonyl (C=O) groups excluding carboxylic acids is 1. The molecule has 0 fully saturated rings. The van der Waals surface area contributed by atoms with Crippen LogP contribution >= 0.6 is 34.7 Å². The fourth-order valence-electron chi connectivity index (χ4n) is 2.27. The molecular weight excluding hydrogens is 393 g/mol. The van der Waals surface area contributed by atoms with E-state index >= 15 is 0 Å². The second-order valence-corrected chi connectivity index (χ2v) is 8.24. The first kappa shape index (κ1) is 18.8. The monoisotopic (exact) mass is 407 g/mol. The van der Waals surface area contributed by atoms with Crippen molar-refractivity contribution in [2.24, 2.45) is 0 Å². The van der Waals surface area contributed by atoms with Gasteiger partial charge < -0.3 is 0 Å². The van der Waals surface area contributed by atoms with E-state index in [1.165, 1.54) is 29.2 Å². The van der Waals surface area contributed by atoms with Gasteiger partial charge in [-0.15, -0.1) is 10.2 Å². The van der Waals surface area contributed by atoms with E-state index in [1.54, 1.807) is 12.1 Å². The molecule has 0 spiro atoms. The SMILES string of the molecule is Cc1ccc(C)c(C(=O)Nc2nnc(SCc3c(F)cccc3Cl)s2)c1. The lowest BCUT2D eigenvalue weighted by Gasteiger charge is -2.06. The van der Waals surface area contributed by atoms with Crippen molar-refractivity contribution in [3.8, 4) is 0 Å². The van der Waals surface area contributed by atoms with Crippen LogP contribution in [0.4, 0.5) is 9.52 Å². The Hall–Kier alpha value is -1.96. The number of hydrogen-bond donors (Lipinski definition) is 1. The van der Waals surface area contributed by atoms with Gasteiger partial charge in [0.1, 0.15) is 5.82 Å². The Balaban J connectivity index is 1.66. The largest absolute Gasteiger partial charge is 0.296 e. The highest BCUT2D eigenvalue weighted by atomic mass is 35.5. The number of thioether (sulfide) groups is 1. The molecule has 0 saturated carbocycles. The Bertz CT molecular complexity index is 941. The lowest BCUT2D eigenvalue weighted by atomic mass is 10.1. The molecular formula is C18H15ClFN3OS2. The summed E-state index contributed by atoms with van der Waals surface area (Å²) < 4.78 is 14.4. The quantitative estimate of drug-likeness (QED) is 0.448. The minimum atomic E-state index is -0.349. The molecule has 0 aliphatic heterocycles. The Morgan fingerprint density at radius 3 is 2.85 bits per heavy atom. The van der Waals surface area contributed by atoms with E-state index in [0.717, 1.165) is 11.1 Å². The third-order valence-electron chi connectivity index (χ3n) is 3.67. The van der Waals surface area contributed by atoms with Crippen LogP contribution in [0.5, 0.6) is 0 Å². The number of nitrogens with one attached hydrogen (secondary N) is 1. The molecule has 1 N–H and O–H groups in total. The van der Waals surface area contributed by atoms with Gasteiger partial charge in [0.2, 0.25) is 5.13 Å². The Labute approximate surface area is 163 Å². The predicted molar refractivity (Wildman–Crippen MR) is 105 cm³/mol. The average Bonchev–Trinajstić information content (AvgIpc) is 3.04. The number of benzene rings is 2. The number of anilines is 1. The molecule has 3 rings (SSSR count). The molecule has 2 aromatic carbocycles. The summed E-state index contributed by atoms with van der Waals surface area (Å²) in [4.78, 5) is 12.4. The van der Waals surface area contributed by atoms with Gasteiger partial charge in [-0.05, 0) is 37.6 Å². The zero-order valence-corrected chi connectivity index (χ0v) is 16.4. The minimum Gasteiger partial charge on any atom is -0.296 e. The van der Waals surface area contributed by atoms with Crippen molar-refractivity contribution >= 4 is 45.7 Å². The first-order valence-corrected chi connectivity index (χ1v) is 9.90. The summed E-state index contributed by atoms with van der Waals surface area (Å²) in [5.74, 6) is -0.237. The number of aromatic nitrogens is 2. The molecule has 8 heteroatoms. The molecule has 0 atom stereocenters. The van der Waals surface area contributed by atoms with Crippen molar-refractivity contribution in [1.29, 1.82) is 0 Å². The number of aryl methyl sites for hydroxylation is 2. The van der Waals surface area contributed by atoms with Gasteiger partial charge >= 0.3 is 0 Å². The van der Waals surface area contributed by atoms with E-state index in [9.17, 15) is 9.18 Å². The van der Waals surface area contributed by atoms with Gasteiger partial charge in [-0.1, -0.05) is 58.5 Å². The second kappa shape index (κ2) is 8.16. The Kier molecular flexibility index (Phi) is 5.90. The van der Waals surface area contributed by atoms with E-state index in [2.05, 4.69) is 15.5 Å². The van der Waals surface area contributed by atoms with E-state index in [1.807, 2.05) is 32.0 Å². The van der Waals surface area contributed by atoms with Crippen molar-refractivity contribution in [2.45, 2.75) is 23.9 Å². The van der Waals surface area contributed by atoms with Gasteiger partial charge in [0.05, 0.1) is 0 Å². The van der Waals surface area contributed by atoms with Crippen LogP contribution in [-0.2, 0) is 5.75 Å². The summed E-state index contributed by atoms with van der Waals surface area (Å²) >= 11 is 8.58. The van der Waals surface area contributed by atoms with Gasteiger partial charge in [0, 0.05) is 21.9 Å². The molecule has 0 radical (unpaired) electrons. The lowest BCUT2D eigenvalue weighted by molar-refractivity contribution is 0.102. The fraction of sp³-hybridized carbons (Fsp3) is 0.167. The molecule has 1 amide bonds. The molecule has 26 heavy (non-hydrogen) atoms. The van der Waals surface area contributed by atoms with Crippen LogP contribution in [-0.4, -0.2) is 16.1 Å². The molecule has 0 bridgehead atoms. The van der Waals surface area contributed by atoms with E-state index in [4.69, 9.17) is 11.6 Å². The van der Waals surface area contributed by atoms with Crippen LogP contribution < -0.4 is 5.32 Å². The van der Waals surface area contributed by atoms with Crippen molar-refractivity contribution in [1.82, 2.24) is 10.2 Å². The van der Waals surface area contributed by atoms with Crippen molar-refractivity contribution < 1.29 is 9.18 Å². The molecule has 134 valence electrons. The van der Waals surface area contributed by atoms with Crippen LogP contribution in [0, 0.1) is 19.7 Å². The van der Waals surface area contributed by atoms with Crippen LogP contribution in [0.2, 0.25) is 5.02 Å².